The molecule has 2 aliphatic heterocycles. The van der Waals surface area contributed by atoms with Crippen LogP contribution in [0.15, 0.2) is 78.9 Å². The average Bonchev–Trinajstić information content (AvgIpc) is 3.38. The number of carbonyl (C=O) groups excluding carboxylic acids is 1. The summed E-state index contributed by atoms with van der Waals surface area (Å²) < 4.78 is 13.1. The summed E-state index contributed by atoms with van der Waals surface area (Å²) in [6.45, 7) is 4.83. The van der Waals surface area contributed by atoms with Gasteiger partial charge in [-0.05, 0) is 35.2 Å². The summed E-state index contributed by atoms with van der Waals surface area (Å²) in [6, 6.07) is 25.0. The predicted molar refractivity (Wildman–Crippen MR) is 144 cm³/mol. The van der Waals surface area contributed by atoms with Gasteiger partial charge in [0.05, 0.1) is 24.9 Å². The highest BCUT2D eigenvalue weighted by molar-refractivity contribution is 5.94. The topological polar surface area (TPSA) is 91.3 Å². The maximum atomic E-state index is 12.4. The van der Waals surface area contributed by atoms with Crippen LogP contribution >= 0.6 is 0 Å². The van der Waals surface area contributed by atoms with Gasteiger partial charge in [-0.25, -0.2) is 0 Å². The fraction of sp³-hybridized carbons (Fsp3) is 0.387. The highest BCUT2D eigenvalue weighted by Crippen LogP contribution is 2.42. The Bertz CT molecular complexity index is 1190. The quantitative estimate of drug-likeness (QED) is 0.420. The Morgan fingerprint density at radius 1 is 0.947 bits per heavy atom. The van der Waals surface area contributed by atoms with Crippen LogP contribution in [0, 0.1) is 5.92 Å². The SMILES string of the molecule is C[C@@H]1[C@H](CN2CC[C@H](O)C2)O[C@H](c2ccc(CNC(=O)c3ccccc3)cc2)O[C@@H]1c1ccc(CO)cc1. The van der Waals surface area contributed by atoms with Crippen LogP contribution < -0.4 is 5.32 Å². The Morgan fingerprint density at radius 3 is 2.29 bits per heavy atom. The summed E-state index contributed by atoms with van der Waals surface area (Å²) in [6.07, 6.45) is -0.290. The second kappa shape index (κ2) is 12.2. The molecule has 7 heteroatoms. The van der Waals surface area contributed by atoms with Gasteiger partial charge in [-0.3, -0.25) is 9.69 Å². The van der Waals surface area contributed by atoms with Crippen molar-refractivity contribution in [3.63, 3.8) is 0 Å². The van der Waals surface area contributed by atoms with Crippen LogP contribution in [-0.4, -0.2) is 52.9 Å². The summed E-state index contributed by atoms with van der Waals surface area (Å²) >= 11 is 0. The number of ether oxygens (including phenoxy) is 2. The van der Waals surface area contributed by atoms with E-state index in [-0.39, 0.29) is 36.7 Å². The molecule has 5 rings (SSSR count). The van der Waals surface area contributed by atoms with Crippen LogP contribution in [0.5, 0.6) is 0 Å². The number of carbonyl (C=O) groups is 1. The first-order valence-corrected chi connectivity index (χ1v) is 13.3. The lowest BCUT2D eigenvalue weighted by Gasteiger charge is -2.42. The highest BCUT2D eigenvalue weighted by Gasteiger charge is 2.39. The second-order valence-electron chi connectivity index (χ2n) is 10.3. The molecule has 200 valence electrons. The smallest absolute Gasteiger partial charge is 0.251 e. The van der Waals surface area contributed by atoms with Gasteiger partial charge in [0.15, 0.2) is 6.29 Å². The number of hydrogen-bond acceptors (Lipinski definition) is 6. The molecule has 3 aromatic rings. The van der Waals surface area contributed by atoms with Gasteiger partial charge in [0.2, 0.25) is 0 Å². The molecule has 3 N–H and O–H groups in total. The Hall–Kier alpha value is -3.07. The van der Waals surface area contributed by atoms with Gasteiger partial charge in [0.25, 0.3) is 5.91 Å². The van der Waals surface area contributed by atoms with E-state index in [0.29, 0.717) is 18.7 Å². The van der Waals surface area contributed by atoms with Crippen molar-refractivity contribution < 1.29 is 24.5 Å². The van der Waals surface area contributed by atoms with E-state index in [1.807, 2.05) is 66.7 Å². The molecule has 2 aliphatic rings. The molecule has 0 aromatic heterocycles. The predicted octanol–water partition coefficient (Wildman–Crippen LogP) is 3.97. The number of β-amino-alcohol motifs (C(OH)–C–C–N with tert-alkyl or cyclic N) is 1. The van der Waals surface area contributed by atoms with Gasteiger partial charge >= 0.3 is 0 Å². The largest absolute Gasteiger partial charge is 0.392 e. The first kappa shape index (κ1) is 26.5. The number of hydrogen-bond donors (Lipinski definition) is 3. The van der Waals surface area contributed by atoms with Crippen LogP contribution in [0.2, 0.25) is 0 Å². The molecule has 0 unspecified atom stereocenters. The van der Waals surface area contributed by atoms with E-state index in [9.17, 15) is 15.0 Å². The van der Waals surface area contributed by atoms with E-state index in [0.717, 1.165) is 41.8 Å². The standard InChI is InChI=1S/C31H36N2O5/c1-21-28(19-33-16-15-27(35)18-33)37-31(38-29(21)24-11-9-23(20-34)10-12-24)26-13-7-22(8-14-26)17-32-30(36)25-5-3-2-4-6-25/h2-14,21,27-29,31,34-35H,15-20H2,1H3,(H,32,36)/t21-,27+,28+,29+,31+/m1/s1. The minimum Gasteiger partial charge on any atom is -0.392 e. The summed E-state index contributed by atoms with van der Waals surface area (Å²) in [5.41, 5.74) is 4.45. The van der Waals surface area contributed by atoms with Gasteiger partial charge in [0, 0.05) is 43.2 Å². The minimum absolute atomic E-state index is 0.00512. The van der Waals surface area contributed by atoms with Crippen molar-refractivity contribution in [3.8, 4) is 0 Å². The number of amides is 1. The van der Waals surface area contributed by atoms with Gasteiger partial charge in [0.1, 0.15) is 0 Å². The Balaban J connectivity index is 1.30. The van der Waals surface area contributed by atoms with Crippen molar-refractivity contribution in [2.24, 2.45) is 5.92 Å². The summed E-state index contributed by atoms with van der Waals surface area (Å²) in [5.74, 6) is -0.0102. The normalized spacial score (nSPS) is 25.8. The van der Waals surface area contributed by atoms with Crippen molar-refractivity contribution in [2.75, 3.05) is 19.6 Å². The monoisotopic (exact) mass is 516 g/mol. The van der Waals surface area contributed by atoms with Gasteiger partial charge in [-0.15, -0.1) is 0 Å². The highest BCUT2D eigenvalue weighted by atomic mass is 16.7. The van der Waals surface area contributed by atoms with E-state index in [1.54, 1.807) is 12.1 Å². The summed E-state index contributed by atoms with van der Waals surface area (Å²) in [5, 5.41) is 22.4. The first-order chi connectivity index (χ1) is 18.5. The molecule has 2 heterocycles. The number of aliphatic hydroxyl groups excluding tert-OH is 2. The summed E-state index contributed by atoms with van der Waals surface area (Å²) in [4.78, 5) is 14.7. The van der Waals surface area contributed by atoms with E-state index < -0.39 is 6.29 Å². The molecule has 0 bridgehead atoms. The van der Waals surface area contributed by atoms with Crippen LogP contribution in [0.3, 0.4) is 0 Å². The van der Waals surface area contributed by atoms with Crippen molar-refractivity contribution in [3.05, 3.63) is 107 Å². The zero-order valence-corrected chi connectivity index (χ0v) is 21.7. The van der Waals surface area contributed by atoms with Gasteiger partial charge in [-0.1, -0.05) is 73.7 Å². The average molecular weight is 517 g/mol. The molecule has 0 radical (unpaired) electrons. The molecule has 2 fully saturated rings. The number of nitrogens with one attached hydrogen (secondary N) is 1. The lowest BCUT2D eigenvalue weighted by molar-refractivity contribution is -0.276. The molecule has 3 aromatic carbocycles. The molecular formula is C31H36N2O5. The van der Waals surface area contributed by atoms with Gasteiger partial charge in [-0.2, -0.15) is 0 Å². The fourth-order valence-corrected chi connectivity index (χ4v) is 5.23. The van der Waals surface area contributed by atoms with E-state index in [4.69, 9.17) is 9.47 Å². The lowest BCUT2D eigenvalue weighted by Crippen LogP contribution is -2.44. The van der Waals surface area contributed by atoms with Crippen molar-refractivity contribution in [2.45, 2.75) is 51.1 Å². The molecule has 7 nitrogen and oxygen atoms in total. The van der Waals surface area contributed by atoms with Crippen LogP contribution in [0.1, 0.15) is 58.4 Å². The Morgan fingerprint density at radius 2 is 1.63 bits per heavy atom. The third kappa shape index (κ3) is 6.31. The number of benzene rings is 3. The number of likely N-dealkylation sites (tertiary alicyclic amines) is 1. The lowest BCUT2D eigenvalue weighted by atomic mass is 9.90. The van der Waals surface area contributed by atoms with Crippen LogP contribution in [0.25, 0.3) is 0 Å². The van der Waals surface area contributed by atoms with Crippen molar-refractivity contribution >= 4 is 5.91 Å². The minimum atomic E-state index is -0.542. The molecule has 38 heavy (non-hydrogen) atoms. The van der Waals surface area contributed by atoms with Crippen molar-refractivity contribution in [1.82, 2.24) is 10.2 Å². The number of aliphatic hydroxyl groups is 2. The van der Waals surface area contributed by atoms with Crippen LogP contribution in [0.4, 0.5) is 0 Å². The molecular weight excluding hydrogens is 480 g/mol. The fourth-order valence-electron chi connectivity index (χ4n) is 5.23. The van der Waals surface area contributed by atoms with Crippen molar-refractivity contribution in [1.29, 1.82) is 0 Å². The molecule has 0 saturated carbocycles. The molecule has 0 aliphatic carbocycles. The second-order valence-corrected chi connectivity index (χ2v) is 10.3. The Kier molecular flexibility index (Phi) is 8.51. The maximum absolute atomic E-state index is 12.4. The molecule has 2 saturated heterocycles. The molecule has 1 amide bonds. The maximum Gasteiger partial charge on any atom is 0.251 e. The first-order valence-electron chi connectivity index (χ1n) is 13.3. The molecule has 0 spiro atoms. The number of nitrogens with zero attached hydrogens (tertiary/aromatic N) is 1. The Labute approximate surface area is 224 Å². The third-order valence-electron chi connectivity index (χ3n) is 7.55. The summed E-state index contributed by atoms with van der Waals surface area (Å²) in [7, 11) is 0. The van der Waals surface area contributed by atoms with E-state index in [2.05, 4.69) is 17.1 Å². The van der Waals surface area contributed by atoms with Crippen LogP contribution in [-0.2, 0) is 22.6 Å². The number of rotatable bonds is 8. The zero-order chi connectivity index (χ0) is 26.5. The zero-order valence-electron chi connectivity index (χ0n) is 21.7. The van der Waals surface area contributed by atoms with E-state index >= 15 is 0 Å². The molecule has 5 atom stereocenters. The van der Waals surface area contributed by atoms with Gasteiger partial charge < -0.3 is 25.0 Å². The van der Waals surface area contributed by atoms with E-state index in [1.165, 1.54) is 0 Å². The third-order valence-corrected chi connectivity index (χ3v) is 7.55.